The standard InChI is InChI=1S/C6H12N2O4/c7-1-2-8(3-5(9)10)4-6(11)12/h1-4,7H2,(H,9,10)(H,11,12). The van der Waals surface area contributed by atoms with Gasteiger partial charge >= 0.3 is 11.9 Å². The average Bonchev–Trinajstić information content (AvgIpc) is 1.84. The summed E-state index contributed by atoms with van der Waals surface area (Å²) < 4.78 is 0. The zero-order valence-corrected chi connectivity index (χ0v) is 6.56. The molecule has 0 aliphatic heterocycles. The Hall–Kier alpha value is -1.14. The van der Waals surface area contributed by atoms with Crippen molar-refractivity contribution in [2.75, 3.05) is 26.2 Å². The molecule has 0 aliphatic rings. The SMILES string of the molecule is NCCN(CC(=O)O)CC(=O)O. The van der Waals surface area contributed by atoms with Crippen molar-refractivity contribution < 1.29 is 19.8 Å². The molecule has 0 bridgehead atoms. The molecule has 0 unspecified atom stereocenters. The third kappa shape index (κ3) is 5.63. The van der Waals surface area contributed by atoms with E-state index in [2.05, 4.69) is 0 Å². The first-order chi connectivity index (χ1) is 5.56. The van der Waals surface area contributed by atoms with Gasteiger partial charge in [-0.05, 0) is 0 Å². The van der Waals surface area contributed by atoms with Crippen molar-refractivity contribution in [2.24, 2.45) is 5.73 Å². The smallest absolute Gasteiger partial charge is 0.317 e. The topological polar surface area (TPSA) is 104 Å². The minimum Gasteiger partial charge on any atom is -0.480 e. The van der Waals surface area contributed by atoms with Crippen LogP contribution in [0.4, 0.5) is 0 Å². The minimum absolute atomic E-state index is 0.251. The van der Waals surface area contributed by atoms with E-state index in [1.54, 1.807) is 0 Å². The van der Waals surface area contributed by atoms with Crippen LogP contribution in [0.3, 0.4) is 0 Å². The fourth-order valence-corrected chi connectivity index (χ4v) is 0.779. The number of nitrogens with zero attached hydrogens (tertiary/aromatic N) is 1. The Kier molecular flexibility index (Phi) is 4.98. The summed E-state index contributed by atoms with van der Waals surface area (Å²) in [5, 5.41) is 16.7. The molecule has 0 amide bonds. The largest absolute Gasteiger partial charge is 0.480 e. The summed E-state index contributed by atoms with van der Waals surface area (Å²) in [6.45, 7) is -0.0494. The molecule has 70 valence electrons. The van der Waals surface area contributed by atoms with Gasteiger partial charge in [0.25, 0.3) is 0 Å². The van der Waals surface area contributed by atoms with E-state index in [4.69, 9.17) is 15.9 Å². The van der Waals surface area contributed by atoms with Crippen LogP contribution in [0.5, 0.6) is 0 Å². The summed E-state index contributed by atoms with van der Waals surface area (Å²) >= 11 is 0. The van der Waals surface area contributed by atoms with Crippen molar-refractivity contribution in [1.82, 2.24) is 4.90 Å². The van der Waals surface area contributed by atoms with Crippen molar-refractivity contribution in [3.63, 3.8) is 0 Å². The Balaban J connectivity index is 3.85. The van der Waals surface area contributed by atoms with E-state index in [9.17, 15) is 9.59 Å². The van der Waals surface area contributed by atoms with E-state index in [-0.39, 0.29) is 26.2 Å². The van der Waals surface area contributed by atoms with Crippen molar-refractivity contribution in [1.29, 1.82) is 0 Å². The summed E-state index contributed by atoms with van der Waals surface area (Å²) in [5.41, 5.74) is 5.15. The van der Waals surface area contributed by atoms with Gasteiger partial charge in [0.1, 0.15) is 0 Å². The van der Waals surface area contributed by atoms with Gasteiger partial charge in [0.15, 0.2) is 0 Å². The number of aliphatic carboxylic acids is 2. The maximum absolute atomic E-state index is 10.2. The molecule has 0 saturated carbocycles. The number of hydrogen-bond acceptors (Lipinski definition) is 4. The summed E-state index contributed by atoms with van der Waals surface area (Å²) in [6.07, 6.45) is 0. The van der Waals surface area contributed by atoms with Crippen LogP contribution in [0.1, 0.15) is 0 Å². The monoisotopic (exact) mass is 176 g/mol. The highest BCUT2D eigenvalue weighted by Crippen LogP contribution is 1.86. The lowest BCUT2D eigenvalue weighted by Crippen LogP contribution is -2.37. The predicted molar refractivity (Wildman–Crippen MR) is 40.8 cm³/mol. The molecule has 4 N–H and O–H groups in total. The number of carbonyl (C=O) groups is 2. The molecule has 0 saturated heterocycles. The van der Waals surface area contributed by atoms with E-state index in [0.717, 1.165) is 0 Å². The van der Waals surface area contributed by atoms with Gasteiger partial charge in [0, 0.05) is 13.1 Å². The number of hydrogen-bond donors (Lipinski definition) is 3. The molecule has 0 rings (SSSR count). The second-order valence-corrected chi connectivity index (χ2v) is 2.29. The van der Waals surface area contributed by atoms with Crippen molar-refractivity contribution in [3.8, 4) is 0 Å². The molecule has 0 aliphatic carbocycles. The van der Waals surface area contributed by atoms with Gasteiger partial charge in [-0.3, -0.25) is 14.5 Å². The summed E-state index contributed by atoms with van der Waals surface area (Å²) in [5.74, 6) is -2.10. The molecular formula is C6H12N2O4. The van der Waals surface area contributed by atoms with Crippen molar-refractivity contribution >= 4 is 11.9 Å². The zero-order valence-electron chi connectivity index (χ0n) is 6.56. The quantitative estimate of drug-likeness (QED) is 0.451. The fourth-order valence-electron chi connectivity index (χ4n) is 0.779. The molecule has 0 atom stereocenters. The maximum Gasteiger partial charge on any atom is 0.317 e. The molecule has 0 aromatic heterocycles. The normalized spacial score (nSPS) is 10.2. The first kappa shape index (κ1) is 10.9. The van der Waals surface area contributed by atoms with Crippen LogP contribution < -0.4 is 5.73 Å². The summed E-state index contributed by atoms with van der Waals surface area (Å²) in [6, 6.07) is 0. The van der Waals surface area contributed by atoms with Crippen LogP contribution in [0.15, 0.2) is 0 Å². The molecule has 6 nitrogen and oxygen atoms in total. The predicted octanol–water partition coefficient (Wildman–Crippen LogP) is -1.58. The van der Waals surface area contributed by atoms with Gasteiger partial charge in [-0.25, -0.2) is 0 Å². The Morgan fingerprint density at radius 1 is 1.17 bits per heavy atom. The molecule has 0 fully saturated rings. The Labute approximate surface area is 69.6 Å². The highest BCUT2D eigenvalue weighted by Gasteiger charge is 2.11. The number of nitrogens with two attached hydrogens (primary N) is 1. The van der Waals surface area contributed by atoms with E-state index < -0.39 is 11.9 Å². The molecule has 0 aromatic rings. The van der Waals surface area contributed by atoms with Gasteiger partial charge in [0.05, 0.1) is 13.1 Å². The van der Waals surface area contributed by atoms with Crippen LogP contribution in [-0.4, -0.2) is 53.2 Å². The van der Waals surface area contributed by atoms with Gasteiger partial charge in [-0.2, -0.15) is 0 Å². The van der Waals surface area contributed by atoms with E-state index >= 15 is 0 Å². The number of carboxylic acids is 2. The lowest BCUT2D eigenvalue weighted by molar-refractivity contribution is -0.141. The summed E-state index contributed by atoms with van der Waals surface area (Å²) in [4.78, 5) is 21.6. The molecule has 6 heteroatoms. The van der Waals surface area contributed by atoms with Crippen LogP contribution in [0.25, 0.3) is 0 Å². The highest BCUT2D eigenvalue weighted by molar-refractivity contribution is 5.72. The lowest BCUT2D eigenvalue weighted by Gasteiger charge is -2.15. The second kappa shape index (κ2) is 5.50. The zero-order chi connectivity index (χ0) is 9.56. The highest BCUT2D eigenvalue weighted by atomic mass is 16.4. The first-order valence-electron chi connectivity index (χ1n) is 3.42. The second-order valence-electron chi connectivity index (χ2n) is 2.29. The van der Waals surface area contributed by atoms with E-state index in [1.165, 1.54) is 4.90 Å². The van der Waals surface area contributed by atoms with Gasteiger partial charge < -0.3 is 15.9 Å². The van der Waals surface area contributed by atoms with Gasteiger partial charge in [0.2, 0.25) is 0 Å². The lowest BCUT2D eigenvalue weighted by atomic mass is 10.4. The first-order valence-corrected chi connectivity index (χ1v) is 3.42. The van der Waals surface area contributed by atoms with E-state index in [1.807, 2.05) is 0 Å². The molecule has 0 aromatic carbocycles. The number of rotatable bonds is 6. The molecular weight excluding hydrogens is 164 g/mol. The average molecular weight is 176 g/mol. The van der Waals surface area contributed by atoms with Crippen LogP contribution in [0.2, 0.25) is 0 Å². The Morgan fingerprint density at radius 3 is 1.83 bits per heavy atom. The molecule has 0 spiro atoms. The third-order valence-electron chi connectivity index (χ3n) is 1.16. The molecule has 12 heavy (non-hydrogen) atoms. The van der Waals surface area contributed by atoms with Gasteiger partial charge in [-0.1, -0.05) is 0 Å². The third-order valence-corrected chi connectivity index (χ3v) is 1.16. The Bertz CT molecular complexity index is 155. The van der Waals surface area contributed by atoms with E-state index in [0.29, 0.717) is 0 Å². The molecule has 0 heterocycles. The molecule has 0 radical (unpaired) electrons. The summed E-state index contributed by atoms with van der Waals surface area (Å²) in [7, 11) is 0. The van der Waals surface area contributed by atoms with Crippen LogP contribution in [0, 0.1) is 0 Å². The van der Waals surface area contributed by atoms with Gasteiger partial charge in [-0.15, -0.1) is 0 Å². The number of carboxylic acid groups (broad SMARTS) is 2. The minimum atomic E-state index is -1.05. The fraction of sp³-hybridized carbons (Fsp3) is 0.667. The Morgan fingerprint density at radius 2 is 1.58 bits per heavy atom. The van der Waals surface area contributed by atoms with Crippen molar-refractivity contribution in [3.05, 3.63) is 0 Å². The maximum atomic E-state index is 10.2. The van der Waals surface area contributed by atoms with Crippen LogP contribution in [-0.2, 0) is 9.59 Å². The van der Waals surface area contributed by atoms with Crippen molar-refractivity contribution in [2.45, 2.75) is 0 Å². The van der Waals surface area contributed by atoms with Crippen LogP contribution >= 0.6 is 0 Å².